The van der Waals surface area contributed by atoms with E-state index in [1.807, 2.05) is 12.1 Å². The van der Waals surface area contributed by atoms with Crippen LogP contribution in [0.1, 0.15) is 55.8 Å². The predicted octanol–water partition coefficient (Wildman–Crippen LogP) is 2.36. The number of carboxylic acid groups (broad SMARTS) is 1. The number of carboxylic acids is 1. The lowest BCUT2D eigenvalue weighted by atomic mass is 10.1. The molecule has 0 bridgehead atoms. The third-order valence-corrected chi connectivity index (χ3v) is 3.05. The van der Waals surface area contributed by atoms with E-state index in [0.717, 1.165) is 25.7 Å². The number of aliphatic carboxylic acids is 1. The molecule has 0 heterocycles. The van der Waals surface area contributed by atoms with Gasteiger partial charge in [0.05, 0.1) is 12.2 Å². The summed E-state index contributed by atoms with van der Waals surface area (Å²) in [5.74, 6) is -0.339. The van der Waals surface area contributed by atoms with Gasteiger partial charge < -0.3 is 14.6 Å². The highest BCUT2D eigenvalue weighted by molar-refractivity contribution is 5.96. The van der Waals surface area contributed by atoms with Crippen LogP contribution in [0.3, 0.4) is 0 Å². The average Bonchev–Trinajstić information content (AvgIpc) is 2.41. The van der Waals surface area contributed by atoms with Gasteiger partial charge >= 0.3 is 0 Å². The van der Waals surface area contributed by atoms with Gasteiger partial charge in [-0.1, -0.05) is 31.4 Å². The molecule has 1 rings (SSSR count). The molecule has 0 radical (unpaired) electrons. The highest BCUT2D eigenvalue weighted by Gasteiger charge is 2.06. The first-order valence-electron chi connectivity index (χ1n) is 7.04. The second kappa shape index (κ2) is 9.13. The van der Waals surface area contributed by atoms with E-state index in [-0.39, 0.29) is 12.2 Å². The largest absolute Gasteiger partial charge is 0.550 e. The van der Waals surface area contributed by atoms with Gasteiger partial charge in [0.25, 0.3) is 0 Å². The number of benzene rings is 1. The van der Waals surface area contributed by atoms with Crippen molar-refractivity contribution in [1.82, 2.24) is 0 Å². The molecule has 4 heteroatoms. The number of rotatable bonds is 10. The van der Waals surface area contributed by atoms with Gasteiger partial charge in [-0.25, -0.2) is 0 Å². The van der Waals surface area contributed by atoms with E-state index in [2.05, 4.69) is 0 Å². The zero-order valence-electron chi connectivity index (χ0n) is 11.9. The van der Waals surface area contributed by atoms with Gasteiger partial charge in [-0.15, -0.1) is 0 Å². The minimum Gasteiger partial charge on any atom is -0.550 e. The number of hydrogen-bond donors (Lipinski definition) is 0. The lowest BCUT2D eigenvalue weighted by Gasteiger charge is -2.09. The SMILES string of the molecule is CC(=O)c1ccccc1OCCCCCCCC(=O)[O-]. The van der Waals surface area contributed by atoms with E-state index < -0.39 is 5.97 Å². The molecule has 0 aromatic heterocycles. The maximum atomic E-state index is 11.4. The molecule has 0 spiro atoms. The Balaban J connectivity index is 2.15. The number of ketones is 1. The van der Waals surface area contributed by atoms with Crippen LogP contribution in [0.2, 0.25) is 0 Å². The van der Waals surface area contributed by atoms with Gasteiger partial charge in [-0.3, -0.25) is 4.79 Å². The number of ether oxygens (including phenoxy) is 1. The second-order valence-corrected chi connectivity index (χ2v) is 4.79. The second-order valence-electron chi connectivity index (χ2n) is 4.79. The fourth-order valence-electron chi connectivity index (χ4n) is 1.97. The summed E-state index contributed by atoms with van der Waals surface area (Å²) < 4.78 is 5.62. The summed E-state index contributed by atoms with van der Waals surface area (Å²) in [6, 6.07) is 7.23. The quantitative estimate of drug-likeness (QED) is 0.486. The maximum absolute atomic E-state index is 11.4. The molecule has 1 aromatic carbocycles. The van der Waals surface area contributed by atoms with E-state index >= 15 is 0 Å². The summed E-state index contributed by atoms with van der Waals surface area (Å²) in [7, 11) is 0. The van der Waals surface area contributed by atoms with Crippen LogP contribution in [0.4, 0.5) is 0 Å². The van der Waals surface area contributed by atoms with Crippen LogP contribution >= 0.6 is 0 Å². The Morgan fingerprint density at radius 3 is 2.40 bits per heavy atom. The van der Waals surface area contributed by atoms with Crippen molar-refractivity contribution >= 4 is 11.8 Å². The Labute approximate surface area is 119 Å². The molecule has 0 atom stereocenters. The Bertz CT molecular complexity index is 440. The molecule has 0 aliphatic carbocycles. The summed E-state index contributed by atoms with van der Waals surface area (Å²) in [5.41, 5.74) is 0.612. The van der Waals surface area contributed by atoms with Crippen LogP contribution in [0.5, 0.6) is 5.75 Å². The summed E-state index contributed by atoms with van der Waals surface area (Å²) in [6.07, 6.45) is 4.61. The van der Waals surface area contributed by atoms with Crippen LogP contribution in [-0.2, 0) is 4.79 Å². The fourth-order valence-corrected chi connectivity index (χ4v) is 1.97. The summed E-state index contributed by atoms with van der Waals surface area (Å²) >= 11 is 0. The van der Waals surface area contributed by atoms with Crippen molar-refractivity contribution in [3.8, 4) is 5.75 Å². The summed E-state index contributed by atoms with van der Waals surface area (Å²) in [4.78, 5) is 21.6. The third-order valence-electron chi connectivity index (χ3n) is 3.05. The minimum absolute atomic E-state index is 0.00267. The Morgan fingerprint density at radius 1 is 1.05 bits per heavy atom. The molecule has 20 heavy (non-hydrogen) atoms. The van der Waals surface area contributed by atoms with Gasteiger partial charge in [0.1, 0.15) is 5.75 Å². The van der Waals surface area contributed by atoms with Crippen LogP contribution in [0, 0.1) is 0 Å². The minimum atomic E-state index is -0.978. The maximum Gasteiger partial charge on any atom is 0.163 e. The number of hydrogen-bond acceptors (Lipinski definition) is 4. The monoisotopic (exact) mass is 277 g/mol. The topological polar surface area (TPSA) is 66.4 Å². The van der Waals surface area contributed by atoms with Gasteiger partial charge in [-0.05, 0) is 38.3 Å². The van der Waals surface area contributed by atoms with Crippen LogP contribution < -0.4 is 9.84 Å². The fraction of sp³-hybridized carbons (Fsp3) is 0.500. The first-order chi connectivity index (χ1) is 9.61. The zero-order chi connectivity index (χ0) is 14.8. The van der Waals surface area contributed by atoms with E-state index in [1.54, 1.807) is 12.1 Å². The lowest BCUT2D eigenvalue weighted by molar-refractivity contribution is -0.305. The predicted molar refractivity (Wildman–Crippen MR) is 74.7 cm³/mol. The molecule has 4 nitrogen and oxygen atoms in total. The molecule has 0 aliphatic rings. The molecular formula is C16H21O4-. The average molecular weight is 277 g/mol. The summed E-state index contributed by atoms with van der Waals surface area (Å²) in [5, 5.41) is 10.2. The van der Waals surface area contributed by atoms with Gasteiger partial charge in [-0.2, -0.15) is 0 Å². The van der Waals surface area contributed by atoms with Gasteiger partial charge in [0.15, 0.2) is 5.78 Å². The van der Waals surface area contributed by atoms with Crippen LogP contribution in [0.25, 0.3) is 0 Å². The molecule has 0 unspecified atom stereocenters. The zero-order valence-corrected chi connectivity index (χ0v) is 11.9. The first kappa shape index (κ1) is 16.2. The molecule has 0 amide bonds. The Kier molecular flexibility index (Phi) is 7.40. The number of para-hydroxylation sites is 1. The van der Waals surface area contributed by atoms with E-state index in [9.17, 15) is 14.7 Å². The van der Waals surface area contributed by atoms with E-state index in [0.29, 0.717) is 24.3 Å². The van der Waals surface area contributed by atoms with Gasteiger partial charge in [0, 0.05) is 5.97 Å². The van der Waals surface area contributed by atoms with Crippen molar-refractivity contribution in [2.75, 3.05) is 6.61 Å². The van der Waals surface area contributed by atoms with Crippen molar-refractivity contribution < 1.29 is 19.4 Å². The molecule has 0 fully saturated rings. The highest BCUT2D eigenvalue weighted by atomic mass is 16.5. The molecule has 0 saturated carbocycles. The molecule has 110 valence electrons. The standard InChI is InChI=1S/C16H22O4/c1-13(17)14-9-6-7-10-15(14)20-12-8-4-2-3-5-11-16(18)19/h6-7,9-10H,2-5,8,11-12H2,1H3,(H,18,19)/p-1. The molecule has 1 aromatic rings. The van der Waals surface area contributed by atoms with Crippen molar-refractivity contribution in [2.45, 2.75) is 45.4 Å². The van der Waals surface area contributed by atoms with Crippen LogP contribution in [-0.4, -0.2) is 18.4 Å². The van der Waals surface area contributed by atoms with Crippen molar-refractivity contribution in [3.63, 3.8) is 0 Å². The molecule has 0 N–H and O–H groups in total. The summed E-state index contributed by atoms with van der Waals surface area (Å²) in [6.45, 7) is 2.10. The normalized spacial score (nSPS) is 10.2. The first-order valence-corrected chi connectivity index (χ1v) is 7.04. The van der Waals surface area contributed by atoms with E-state index in [1.165, 1.54) is 6.92 Å². The number of carbonyl (C=O) groups excluding carboxylic acids is 2. The molecule has 0 aliphatic heterocycles. The number of carbonyl (C=O) groups is 2. The van der Waals surface area contributed by atoms with Gasteiger partial charge in [0.2, 0.25) is 0 Å². The Morgan fingerprint density at radius 2 is 1.70 bits per heavy atom. The van der Waals surface area contributed by atoms with Crippen molar-refractivity contribution in [1.29, 1.82) is 0 Å². The molecular weight excluding hydrogens is 256 g/mol. The number of unbranched alkanes of at least 4 members (excludes halogenated alkanes) is 4. The van der Waals surface area contributed by atoms with Crippen LogP contribution in [0.15, 0.2) is 24.3 Å². The lowest BCUT2D eigenvalue weighted by Crippen LogP contribution is -2.21. The Hall–Kier alpha value is -1.84. The number of Topliss-reactive ketones (excluding diaryl/α,β-unsaturated/α-hetero) is 1. The van der Waals surface area contributed by atoms with Crippen molar-refractivity contribution in [3.05, 3.63) is 29.8 Å². The van der Waals surface area contributed by atoms with E-state index in [4.69, 9.17) is 4.74 Å². The smallest absolute Gasteiger partial charge is 0.163 e. The highest BCUT2D eigenvalue weighted by Crippen LogP contribution is 2.18. The third kappa shape index (κ3) is 6.36. The molecule has 0 saturated heterocycles. The van der Waals surface area contributed by atoms with Crippen molar-refractivity contribution in [2.24, 2.45) is 0 Å².